The first kappa shape index (κ1) is 21.5. The van der Waals surface area contributed by atoms with E-state index >= 15 is 0 Å². The van der Waals surface area contributed by atoms with E-state index in [1.54, 1.807) is 7.11 Å². The maximum atomic E-state index is 5.99. The van der Waals surface area contributed by atoms with Crippen molar-refractivity contribution in [1.29, 1.82) is 0 Å². The van der Waals surface area contributed by atoms with Crippen LogP contribution in [0.25, 0.3) is 11.5 Å². The minimum atomic E-state index is 0.104. The minimum absolute atomic E-state index is 0.104. The molecule has 0 spiro atoms. The van der Waals surface area contributed by atoms with E-state index in [-0.39, 0.29) is 6.04 Å². The first-order valence-corrected chi connectivity index (χ1v) is 11.1. The molecule has 0 unspecified atom stereocenters. The lowest BCUT2D eigenvalue weighted by Crippen LogP contribution is -2.46. The summed E-state index contributed by atoms with van der Waals surface area (Å²) in [7, 11) is 1.66. The normalized spacial score (nSPS) is 16.5. The summed E-state index contributed by atoms with van der Waals surface area (Å²) in [6.07, 6.45) is 0. The van der Waals surface area contributed by atoms with Gasteiger partial charge < -0.3 is 9.15 Å². The summed E-state index contributed by atoms with van der Waals surface area (Å²) in [6, 6.07) is 16.8. The highest BCUT2D eigenvalue weighted by Crippen LogP contribution is 2.26. The molecule has 3 aromatic rings. The summed E-state index contributed by atoms with van der Waals surface area (Å²) >= 11 is 0. The van der Waals surface area contributed by atoms with Crippen LogP contribution in [0, 0.1) is 0 Å². The summed E-state index contributed by atoms with van der Waals surface area (Å²) in [4.78, 5) is 4.94. The van der Waals surface area contributed by atoms with Crippen LogP contribution in [0.2, 0.25) is 0 Å². The lowest BCUT2D eigenvalue weighted by Gasteiger charge is -2.36. The molecular formula is C25H32N4O2. The fraction of sp³-hybridized carbons (Fsp3) is 0.440. The van der Waals surface area contributed by atoms with E-state index in [2.05, 4.69) is 65.0 Å². The number of ether oxygens (including phenoxy) is 1. The van der Waals surface area contributed by atoms with Gasteiger partial charge in [-0.15, -0.1) is 10.2 Å². The lowest BCUT2D eigenvalue weighted by atomic mass is 10.0. The first-order valence-electron chi connectivity index (χ1n) is 11.1. The van der Waals surface area contributed by atoms with Crippen molar-refractivity contribution in [2.24, 2.45) is 0 Å². The first-order chi connectivity index (χ1) is 15.0. The Morgan fingerprint density at radius 1 is 0.903 bits per heavy atom. The van der Waals surface area contributed by atoms with E-state index < -0.39 is 0 Å². The minimum Gasteiger partial charge on any atom is -0.497 e. The van der Waals surface area contributed by atoms with E-state index in [9.17, 15) is 0 Å². The molecule has 4 rings (SSSR count). The van der Waals surface area contributed by atoms with Gasteiger partial charge in [0, 0.05) is 38.3 Å². The van der Waals surface area contributed by atoms with E-state index in [0.717, 1.165) is 44.0 Å². The number of nitrogens with zero attached hydrogens (tertiary/aromatic N) is 4. The molecule has 0 bridgehead atoms. The summed E-state index contributed by atoms with van der Waals surface area (Å²) in [5, 5.41) is 8.57. The van der Waals surface area contributed by atoms with Crippen LogP contribution in [0.15, 0.2) is 52.9 Å². The van der Waals surface area contributed by atoms with Gasteiger partial charge in [0.25, 0.3) is 0 Å². The van der Waals surface area contributed by atoms with Crippen LogP contribution in [0.4, 0.5) is 0 Å². The molecule has 1 fully saturated rings. The number of methoxy groups -OCH3 is 1. The van der Waals surface area contributed by atoms with Crippen molar-refractivity contribution in [3.8, 4) is 17.2 Å². The number of hydrogen-bond acceptors (Lipinski definition) is 6. The molecule has 1 aliphatic heterocycles. The number of rotatable bonds is 7. The van der Waals surface area contributed by atoms with Crippen molar-refractivity contribution in [2.45, 2.75) is 39.3 Å². The average molecular weight is 421 g/mol. The van der Waals surface area contributed by atoms with E-state index in [1.165, 1.54) is 11.1 Å². The highest BCUT2D eigenvalue weighted by atomic mass is 16.5. The molecule has 0 saturated carbocycles. The van der Waals surface area contributed by atoms with Crippen molar-refractivity contribution in [3.05, 3.63) is 65.5 Å². The molecule has 31 heavy (non-hydrogen) atoms. The summed E-state index contributed by atoms with van der Waals surface area (Å²) < 4.78 is 11.2. The molecule has 0 aliphatic carbocycles. The van der Waals surface area contributed by atoms with Gasteiger partial charge in [0.15, 0.2) is 0 Å². The Bertz CT molecular complexity index is 958. The summed E-state index contributed by atoms with van der Waals surface area (Å²) in [5.41, 5.74) is 3.68. The number of hydrogen-bond donors (Lipinski definition) is 0. The molecule has 1 saturated heterocycles. The SMILES string of the molecule is COc1ccc(-c2nnc([C@H](C)N3CCN(Cc4ccc(C(C)C)cc4)CC3)o2)cc1. The molecule has 6 heteroatoms. The lowest BCUT2D eigenvalue weighted by molar-refractivity contribution is 0.0876. The molecule has 1 aliphatic rings. The van der Waals surface area contributed by atoms with Crippen LogP contribution in [0.3, 0.4) is 0 Å². The predicted octanol–water partition coefficient (Wildman–Crippen LogP) is 4.75. The average Bonchev–Trinajstić information content (AvgIpc) is 3.30. The Morgan fingerprint density at radius 2 is 1.58 bits per heavy atom. The van der Waals surface area contributed by atoms with E-state index in [1.807, 2.05) is 24.3 Å². The van der Waals surface area contributed by atoms with Crippen molar-refractivity contribution < 1.29 is 9.15 Å². The van der Waals surface area contributed by atoms with Crippen LogP contribution in [0.5, 0.6) is 5.75 Å². The van der Waals surface area contributed by atoms with Crippen LogP contribution in [-0.4, -0.2) is 53.3 Å². The molecule has 0 radical (unpaired) electrons. The van der Waals surface area contributed by atoms with Gasteiger partial charge in [-0.2, -0.15) is 0 Å². The summed E-state index contributed by atoms with van der Waals surface area (Å²) in [6.45, 7) is 11.7. The molecule has 6 nitrogen and oxygen atoms in total. The van der Waals surface area contributed by atoms with Gasteiger partial charge in [-0.05, 0) is 48.2 Å². The van der Waals surface area contributed by atoms with Crippen molar-refractivity contribution in [3.63, 3.8) is 0 Å². The smallest absolute Gasteiger partial charge is 0.247 e. The Labute approximate surface area is 184 Å². The standard InChI is InChI=1S/C25H32N4O2/c1-18(2)21-7-5-20(6-8-21)17-28-13-15-29(16-14-28)19(3)24-26-27-25(31-24)22-9-11-23(30-4)12-10-22/h5-12,18-19H,13-17H2,1-4H3/t19-/m0/s1. The molecule has 1 atom stereocenters. The maximum Gasteiger partial charge on any atom is 0.247 e. The van der Waals surface area contributed by atoms with Crippen LogP contribution in [0.1, 0.15) is 49.7 Å². The van der Waals surface area contributed by atoms with Gasteiger partial charge in [0.1, 0.15) is 5.75 Å². The highest BCUT2D eigenvalue weighted by molar-refractivity contribution is 5.54. The zero-order valence-electron chi connectivity index (χ0n) is 18.9. The van der Waals surface area contributed by atoms with E-state index in [4.69, 9.17) is 9.15 Å². The second-order valence-corrected chi connectivity index (χ2v) is 8.56. The Balaban J connectivity index is 1.32. The van der Waals surface area contributed by atoms with Crippen LogP contribution in [-0.2, 0) is 6.54 Å². The molecule has 164 valence electrons. The van der Waals surface area contributed by atoms with Gasteiger partial charge in [0.2, 0.25) is 11.8 Å². The monoisotopic (exact) mass is 420 g/mol. The molecular weight excluding hydrogens is 388 g/mol. The topological polar surface area (TPSA) is 54.6 Å². The van der Waals surface area contributed by atoms with Gasteiger partial charge >= 0.3 is 0 Å². The third-order valence-corrected chi connectivity index (χ3v) is 6.14. The molecule has 0 amide bonds. The Kier molecular flexibility index (Phi) is 6.68. The third-order valence-electron chi connectivity index (χ3n) is 6.14. The van der Waals surface area contributed by atoms with Crippen LogP contribution >= 0.6 is 0 Å². The maximum absolute atomic E-state index is 5.99. The second-order valence-electron chi connectivity index (χ2n) is 8.56. The Hall–Kier alpha value is -2.70. The fourth-order valence-electron chi connectivity index (χ4n) is 3.98. The Morgan fingerprint density at radius 3 is 2.19 bits per heavy atom. The van der Waals surface area contributed by atoms with Gasteiger partial charge in [0.05, 0.1) is 13.2 Å². The summed E-state index contributed by atoms with van der Waals surface area (Å²) in [5.74, 6) is 2.61. The van der Waals surface area contributed by atoms with Crippen molar-refractivity contribution in [2.75, 3.05) is 33.3 Å². The fourth-order valence-corrected chi connectivity index (χ4v) is 3.98. The van der Waals surface area contributed by atoms with Gasteiger partial charge in [-0.25, -0.2) is 0 Å². The van der Waals surface area contributed by atoms with Crippen LogP contribution < -0.4 is 4.74 Å². The molecule has 2 heterocycles. The number of benzene rings is 2. The molecule has 1 aromatic heterocycles. The molecule has 2 aromatic carbocycles. The number of piperazine rings is 1. The zero-order valence-corrected chi connectivity index (χ0v) is 18.9. The highest BCUT2D eigenvalue weighted by Gasteiger charge is 2.26. The van der Waals surface area contributed by atoms with E-state index in [0.29, 0.717) is 17.7 Å². The molecule has 0 N–H and O–H groups in total. The zero-order chi connectivity index (χ0) is 21.8. The van der Waals surface area contributed by atoms with Gasteiger partial charge in [-0.1, -0.05) is 38.1 Å². The van der Waals surface area contributed by atoms with Crippen molar-refractivity contribution >= 4 is 0 Å². The van der Waals surface area contributed by atoms with Gasteiger partial charge in [-0.3, -0.25) is 9.80 Å². The predicted molar refractivity (Wildman–Crippen MR) is 122 cm³/mol. The third kappa shape index (κ3) is 5.14. The quantitative estimate of drug-likeness (QED) is 0.550. The second kappa shape index (κ2) is 9.62. The largest absolute Gasteiger partial charge is 0.497 e. The van der Waals surface area contributed by atoms with Crippen molar-refractivity contribution in [1.82, 2.24) is 20.0 Å². The number of aromatic nitrogens is 2.